The zero-order valence-corrected chi connectivity index (χ0v) is 14.0. The number of benzene rings is 1. The van der Waals surface area contributed by atoms with Crippen LogP contribution in [0.2, 0.25) is 5.02 Å². The Hall–Kier alpha value is -1.11. The van der Waals surface area contributed by atoms with E-state index in [0.717, 1.165) is 6.07 Å². The molecule has 2 N–H and O–H groups in total. The van der Waals surface area contributed by atoms with Crippen LogP contribution in [0.4, 0.5) is 0 Å². The average molecular weight is 334 g/mol. The van der Waals surface area contributed by atoms with Crippen LogP contribution < -0.4 is 4.72 Å². The van der Waals surface area contributed by atoms with Crippen LogP contribution in [0.3, 0.4) is 0 Å². The predicted octanol–water partition coefficient (Wildman–Crippen LogP) is 3.00. The van der Waals surface area contributed by atoms with E-state index in [9.17, 15) is 13.2 Å². The van der Waals surface area contributed by atoms with E-state index < -0.39 is 16.0 Å². The van der Waals surface area contributed by atoms with Crippen molar-refractivity contribution in [1.82, 2.24) is 4.72 Å². The molecule has 1 aromatic rings. The summed E-state index contributed by atoms with van der Waals surface area (Å²) in [6, 6.07) is 3.57. The van der Waals surface area contributed by atoms with Gasteiger partial charge < -0.3 is 5.11 Å². The maximum atomic E-state index is 12.2. The van der Waals surface area contributed by atoms with E-state index in [2.05, 4.69) is 4.72 Å². The van der Waals surface area contributed by atoms with Gasteiger partial charge in [-0.3, -0.25) is 0 Å². The molecule has 7 heteroatoms. The standard InChI is InChI=1S/C14H20ClNO4S/c1-9(2)14(3,4)8-16-21(19,20)10-5-6-11(13(17)18)12(15)7-10/h5-7,9,16H,8H2,1-4H3,(H,17,18). The van der Waals surface area contributed by atoms with Gasteiger partial charge in [-0.05, 0) is 29.5 Å². The van der Waals surface area contributed by atoms with E-state index in [-0.39, 0.29) is 27.4 Å². The maximum Gasteiger partial charge on any atom is 0.337 e. The molecule has 0 fully saturated rings. The first kappa shape index (κ1) is 17.9. The van der Waals surface area contributed by atoms with Gasteiger partial charge in [0.2, 0.25) is 10.0 Å². The van der Waals surface area contributed by atoms with E-state index in [1.165, 1.54) is 12.1 Å². The number of hydrogen-bond acceptors (Lipinski definition) is 3. The van der Waals surface area contributed by atoms with Gasteiger partial charge in [0.25, 0.3) is 0 Å². The molecule has 118 valence electrons. The van der Waals surface area contributed by atoms with Crippen LogP contribution in [0.5, 0.6) is 0 Å². The number of carboxylic acid groups (broad SMARTS) is 1. The van der Waals surface area contributed by atoms with Gasteiger partial charge in [-0.1, -0.05) is 39.3 Å². The van der Waals surface area contributed by atoms with Crippen LogP contribution in [0.15, 0.2) is 23.1 Å². The lowest BCUT2D eigenvalue weighted by Gasteiger charge is -2.29. The SMILES string of the molecule is CC(C)C(C)(C)CNS(=O)(=O)c1ccc(C(=O)O)c(Cl)c1. The molecular formula is C14H20ClNO4S. The highest BCUT2D eigenvalue weighted by molar-refractivity contribution is 7.89. The fourth-order valence-electron chi connectivity index (χ4n) is 1.40. The minimum Gasteiger partial charge on any atom is -0.478 e. The second-order valence-electron chi connectivity index (χ2n) is 5.91. The summed E-state index contributed by atoms with van der Waals surface area (Å²) in [6.07, 6.45) is 0. The molecule has 21 heavy (non-hydrogen) atoms. The quantitative estimate of drug-likeness (QED) is 0.838. The third-order valence-electron chi connectivity index (χ3n) is 3.76. The lowest BCUT2D eigenvalue weighted by atomic mass is 9.81. The van der Waals surface area contributed by atoms with Crippen molar-refractivity contribution < 1.29 is 18.3 Å². The molecule has 0 amide bonds. The Morgan fingerprint density at radius 3 is 2.38 bits per heavy atom. The molecule has 0 atom stereocenters. The van der Waals surface area contributed by atoms with Crippen molar-refractivity contribution >= 4 is 27.6 Å². The largest absolute Gasteiger partial charge is 0.478 e. The summed E-state index contributed by atoms with van der Waals surface area (Å²) in [6.45, 7) is 8.27. The van der Waals surface area contributed by atoms with Crippen molar-refractivity contribution in [3.63, 3.8) is 0 Å². The third-order valence-corrected chi connectivity index (χ3v) is 5.47. The number of carbonyl (C=O) groups is 1. The van der Waals surface area contributed by atoms with Crippen molar-refractivity contribution in [3.05, 3.63) is 28.8 Å². The van der Waals surface area contributed by atoms with E-state index in [4.69, 9.17) is 16.7 Å². The predicted molar refractivity (Wildman–Crippen MR) is 82.2 cm³/mol. The number of nitrogens with one attached hydrogen (secondary N) is 1. The highest BCUT2D eigenvalue weighted by Crippen LogP contribution is 2.26. The highest BCUT2D eigenvalue weighted by Gasteiger charge is 2.26. The van der Waals surface area contributed by atoms with Gasteiger partial charge in [-0.15, -0.1) is 0 Å². The lowest BCUT2D eigenvalue weighted by Crippen LogP contribution is -2.36. The summed E-state index contributed by atoms with van der Waals surface area (Å²) in [7, 11) is -3.72. The van der Waals surface area contributed by atoms with Gasteiger partial charge in [0.15, 0.2) is 0 Å². The van der Waals surface area contributed by atoms with Crippen molar-refractivity contribution in [2.45, 2.75) is 32.6 Å². The van der Waals surface area contributed by atoms with Crippen LogP contribution in [-0.4, -0.2) is 26.0 Å². The summed E-state index contributed by atoms with van der Waals surface area (Å²) < 4.78 is 27.0. The molecule has 1 rings (SSSR count). The molecule has 0 aliphatic rings. The van der Waals surface area contributed by atoms with E-state index in [0.29, 0.717) is 5.92 Å². The van der Waals surface area contributed by atoms with Crippen LogP contribution in [0, 0.1) is 11.3 Å². The molecule has 0 aliphatic heterocycles. The Kier molecular flexibility index (Phi) is 5.41. The minimum absolute atomic E-state index is 0.0444. The molecule has 1 aromatic carbocycles. The first-order chi connectivity index (χ1) is 9.47. The molecule has 0 saturated heterocycles. The molecule has 0 aromatic heterocycles. The topological polar surface area (TPSA) is 83.5 Å². The molecule has 0 radical (unpaired) electrons. The second kappa shape index (κ2) is 6.34. The van der Waals surface area contributed by atoms with Crippen molar-refractivity contribution in [1.29, 1.82) is 0 Å². The Morgan fingerprint density at radius 1 is 1.38 bits per heavy atom. The smallest absolute Gasteiger partial charge is 0.337 e. The van der Waals surface area contributed by atoms with Crippen LogP contribution in [0.1, 0.15) is 38.1 Å². The fourth-order valence-corrected chi connectivity index (χ4v) is 2.98. The number of halogens is 1. The molecule has 0 spiro atoms. The van der Waals surface area contributed by atoms with Crippen molar-refractivity contribution in [2.75, 3.05) is 6.54 Å². The van der Waals surface area contributed by atoms with Gasteiger partial charge in [-0.25, -0.2) is 17.9 Å². The number of hydrogen-bond donors (Lipinski definition) is 2. The number of aromatic carboxylic acids is 1. The monoisotopic (exact) mass is 333 g/mol. The van der Waals surface area contributed by atoms with E-state index in [1.807, 2.05) is 27.7 Å². The summed E-state index contributed by atoms with van der Waals surface area (Å²) in [5.74, 6) is -0.893. The van der Waals surface area contributed by atoms with E-state index >= 15 is 0 Å². The van der Waals surface area contributed by atoms with Gasteiger partial charge in [-0.2, -0.15) is 0 Å². The molecular weight excluding hydrogens is 314 g/mol. The number of carboxylic acids is 1. The van der Waals surface area contributed by atoms with E-state index in [1.54, 1.807) is 0 Å². The van der Waals surface area contributed by atoms with Crippen molar-refractivity contribution in [2.24, 2.45) is 11.3 Å². The Morgan fingerprint density at radius 2 is 1.95 bits per heavy atom. The van der Waals surface area contributed by atoms with Gasteiger partial charge >= 0.3 is 5.97 Å². The molecule has 0 heterocycles. The molecule has 5 nitrogen and oxygen atoms in total. The Bertz CT molecular complexity index is 638. The normalized spacial score (nSPS) is 12.7. The first-order valence-corrected chi connectivity index (χ1v) is 8.36. The molecule has 0 bridgehead atoms. The average Bonchev–Trinajstić information content (AvgIpc) is 2.36. The zero-order chi connectivity index (χ0) is 16.4. The van der Waals surface area contributed by atoms with Gasteiger partial charge in [0.05, 0.1) is 15.5 Å². The van der Waals surface area contributed by atoms with Crippen LogP contribution in [0.25, 0.3) is 0 Å². The molecule has 0 unspecified atom stereocenters. The minimum atomic E-state index is -3.72. The maximum absolute atomic E-state index is 12.2. The third kappa shape index (κ3) is 4.43. The van der Waals surface area contributed by atoms with Crippen LogP contribution >= 0.6 is 11.6 Å². The fraction of sp³-hybridized carbons (Fsp3) is 0.500. The first-order valence-electron chi connectivity index (χ1n) is 6.50. The van der Waals surface area contributed by atoms with Gasteiger partial charge in [0.1, 0.15) is 0 Å². The van der Waals surface area contributed by atoms with Gasteiger partial charge in [0, 0.05) is 6.54 Å². The number of rotatable bonds is 6. The summed E-state index contributed by atoms with van der Waals surface area (Å²) >= 11 is 5.80. The van der Waals surface area contributed by atoms with Crippen molar-refractivity contribution in [3.8, 4) is 0 Å². The lowest BCUT2D eigenvalue weighted by molar-refractivity contribution is 0.0697. The second-order valence-corrected chi connectivity index (χ2v) is 8.09. The Labute approximate surface area is 130 Å². The summed E-state index contributed by atoms with van der Waals surface area (Å²) in [4.78, 5) is 10.8. The number of sulfonamides is 1. The zero-order valence-electron chi connectivity index (χ0n) is 12.5. The highest BCUT2D eigenvalue weighted by atomic mass is 35.5. The van der Waals surface area contributed by atoms with Crippen LogP contribution in [-0.2, 0) is 10.0 Å². The molecule has 0 saturated carbocycles. The summed E-state index contributed by atoms with van der Waals surface area (Å²) in [5, 5.41) is 8.78. The summed E-state index contributed by atoms with van der Waals surface area (Å²) in [5.41, 5.74) is -0.323. The Balaban J connectivity index is 2.99. The molecule has 0 aliphatic carbocycles.